The molecule has 2 aliphatic rings. The average molecular weight is 433 g/mol. The van der Waals surface area contributed by atoms with Crippen molar-refractivity contribution < 1.29 is 10.2 Å². The predicted molar refractivity (Wildman–Crippen MR) is 133 cm³/mol. The van der Waals surface area contributed by atoms with Gasteiger partial charge in [0, 0.05) is 0 Å². The van der Waals surface area contributed by atoms with E-state index in [0.29, 0.717) is 0 Å². The van der Waals surface area contributed by atoms with Crippen LogP contribution in [0.25, 0.3) is 22.3 Å². The molecule has 0 radical (unpaired) electrons. The molecule has 4 aromatic carbocycles. The highest BCUT2D eigenvalue weighted by atomic mass is 16.3. The first-order valence-electron chi connectivity index (χ1n) is 11.6. The van der Waals surface area contributed by atoms with Gasteiger partial charge in [-0.1, -0.05) is 111 Å². The van der Waals surface area contributed by atoms with Gasteiger partial charge in [0.25, 0.3) is 0 Å². The normalized spacial score (nSPS) is 16.6. The molecule has 0 fully saturated rings. The molecule has 0 unspecified atom stereocenters. The monoisotopic (exact) mass is 432 g/mol. The van der Waals surface area contributed by atoms with Crippen LogP contribution >= 0.6 is 0 Å². The summed E-state index contributed by atoms with van der Waals surface area (Å²) < 4.78 is 0. The number of aliphatic hydroxyl groups is 2. The molecule has 164 valence electrons. The number of benzene rings is 4. The molecule has 0 aromatic heterocycles. The lowest BCUT2D eigenvalue weighted by molar-refractivity contribution is 0.0219. The van der Waals surface area contributed by atoms with Crippen molar-refractivity contribution in [2.45, 2.75) is 24.7 Å². The molecule has 2 N–H and O–H groups in total. The van der Waals surface area contributed by atoms with Gasteiger partial charge < -0.3 is 10.2 Å². The Kier molecular flexibility index (Phi) is 4.27. The summed E-state index contributed by atoms with van der Waals surface area (Å²) in [5.74, 6) is 0. The Balaban J connectivity index is 1.75. The van der Waals surface area contributed by atoms with Gasteiger partial charge in [0.1, 0.15) is 0 Å². The van der Waals surface area contributed by atoms with E-state index in [4.69, 9.17) is 0 Å². The molecule has 2 aliphatic carbocycles. The van der Waals surface area contributed by atoms with Crippen LogP contribution in [-0.4, -0.2) is 23.4 Å². The molecule has 0 saturated carbocycles. The van der Waals surface area contributed by atoms with Crippen molar-refractivity contribution in [2.24, 2.45) is 5.41 Å². The lowest BCUT2D eigenvalue weighted by Crippen LogP contribution is -2.58. The number of hydrogen-bond donors (Lipinski definition) is 2. The van der Waals surface area contributed by atoms with E-state index in [1.807, 2.05) is 0 Å². The number of rotatable bonds is 4. The molecule has 6 rings (SSSR count). The summed E-state index contributed by atoms with van der Waals surface area (Å²) in [6, 6.07) is 33.8. The van der Waals surface area contributed by atoms with Crippen molar-refractivity contribution >= 4 is 0 Å². The second kappa shape index (κ2) is 6.90. The fourth-order valence-electron chi connectivity index (χ4n) is 7.10. The fraction of sp³-hybridized carbons (Fsp3) is 0.226. The van der Waals surface area contributed by atoms with Crippen molar-refractivity contribution in [1.82, 2.24) is 0 Å². The first-order valence-corrected chi connectivity index (χ1v) is 11.6. The second-order valence-electron chi connectivity index (χ2n) is 9.93. The number of hydrogen-bond acceptors (Lipinski definition) is 2. The Labute approximate surface area is 195 Å². The minimum Gasteiger partial charge on any atom is -0.395 e. The summed E-state index contributed by atoms with van der Waals surface area (Å²) in [4.78, 5) is 0. The van der Waals surface area contributed by atoms with Crippen LogP contribution in [0.15, 0.2) is 97.1 Å². The minimum atomic E-state index is -0.687. The first kappa shape index (κ1) is 20.4. The molecule has 0 bridgehead atoms. The van der Waals surface area contributed by atoms with Gasteiger partial charge in [-0.25, -0.2) is 0 Å². The zero-order valence-electron chi connectivity index (χ0n) is 19.0. The molecule has 0 saturated heterocycles. The largest absolute Gasteiger partial charge is 0.395 e. The minimum absolute atomic E-state index is 0.0416. The molecule has 0 amide bonds. The standard InChI is InChI=1S/C31H28O2/c1-29(2,30(19-32)25-15-7-3-11-21(25)22-12-4-8-16-26(22)30)31(20-33)27-17-9-5-13-23(27)24-14-6-10-18-28(24)31/h3-18,32-33H,19-20H2,1-2H3. The molecular weight excluding hydrogens is 404 g/mol. The Hall–Kier alpha value is -3.20. The average Bonchev–Trinajstić information content (AvgIpc) is 3.33. The highest BCUT2D eigenvalue weighted by molar-refractivity contribution is 5.85. The molecule has 33 heavy (non-hydrogen) atoms. The van der Waals surface area contributed by atoms with E-state index in [9.17, 15) is 10.2 Å². The van der Waals surface area contributed by atoms with Gasteiger partial charge in [-0.2, -0.15) is 0 Å². The van der Waals surface area contributed by atoms with Gasteiger partial charge in [0.05, 0.1) is 24.0 Å². The quantitative estimate of drug-likeness (QED) is 0.420. The number of fused-ring (bicyclic) bond motifs is 6. The molecule has 0 spiro atoms. The van der Waals surface area contributed by atoms with Crippen molar-refractivity contribution in [3.05, 3.63) is 119 Å². The predicted octanol–water partition coefficient (Wildman–Crippen LogP) is 5.93. The van der Waals surface area contributed by atoms with Gasteiger partial charge in [-0.15, -0.1) is 0 Å². The zero-order chi connectivity index (χ0) is 22.8. The third-order valence-corrected chi connectivity index (χ3v) is 8.74. The van der Waals surface area contributed by atoms with E-state index in [0.717, 1.165) is 22.3 Å². The summed E-state index contributed by atoms with van der Waals surface area (Å²) in [6.07, 6.45) is 0. The van der Waals surface area contributed by atoms with E-state index in [2.05, 4.69) is 111 Å². The van der Waals surface area contributed by atoms with Crippen molar-refractivity contribution in [3.63, 3.8) is 0 Å². The fourth-order valence-corrected chi connectivity index (χ4v) is 7.10. The molecular formula is C31H28O2. The van der Waals surface area contributed by atoms with Crippen molar-refractivity contribution in [1.29, 1.82) is 0 Å². The summed E-state index contributed by atoms with van der Waals surface area (Å²) in [5.41, 5.74) is 7.26. The molecule has 2 heteroatoms. The van der Waals surface area contributed by atoms with Crippen LogP contribution in [-0.2, 0) is 10.8 Å². The maximum Gasteiger partial charge on any atom is 0.0574 e. The SMILES string of the molecule is CC(C)(C1(CO)c2ccccc2-c2ccccc21)C1(CO)c2ccccc2-c2ccccc21. The third kappa shape index (κ3) is 2.21. The van der Waals surface area contributed by atoms with E-state index in [1.54, 1.807) is 0 Å². The molecule has 0 aliphatic heterocycles. The van der Waals surface area contributed by atoms with Crippen molar-refractivity contribution in [2.75, 3.05) is 13.2 Å². The van der Waals surface area contributed by atoms with Gasteiger partial charge in [-0.05, 0) is 49.9 Å². The smallest absolute Gasteiger partial charge is 0.0574 e. The lowest BCUT2D eigenvalue weighted by atomic mass is 9.47. The number of aliphatic hydroxyl groups excluding tert-OH is 2. The van der Waals surface area contributed by atoms with Crippen LogP contribution in [0.4, 0.5) is 0 Å². The van der Waals surface area contributed by atoms with Gasteiger partial charge in [0.15, 0.2) is 0 Å². The van der Waals surface area contributed by atoms with Crippen molar-refractivity contribution in [3.8, 4) is 22.3 Å². The summed E-state index contributed by atoms with van der Waals surface area (Å²) in [5, 5.41) is 22.7. The van der Waals surface area contributed by atoms with Crippen LogP contribution in [0.3, 0.4) is 0 Å². The summed E-state index contributed by atoms with van der Waals surface area (Å²) >= 11 is 0. The molecule has 0 atom stereocenters. The van der Waals surface area contributed by atoms with Crippen LogP contribution in [0.5, 0.6) is 0 Å². The van der Waals surface area contributed by atoms with E-state index in [1.165, 1.54) is 22.3 Å². The third-order valence-electron chi connectivity index (χ3n) is 8.74. The molecule has 0 heterocycles. The van der Waals surface area contributed by atoms with Crippen LogP contribution in [0, 0.1) is 5.41 Å². The Morgan fingerprint density at radius 3 is 0.970 bits per heavy atom. The van der Waals surface area contributed by atoms with E-state index in [-0.39, 0.29) is 13.2 Å². The van der Waals surface area contributed by atoms with E-state index < -0.39 is 16.2 Å². The molecule has 2 nitrogen and oxygen atoms in total. The summed E-state index contributed by atoms with van der Waals surface area (Å²) in [6.45, 7) is 4.38. The van der Waals surface area contributed by atoms with Crippen LogP contribution in [0.1, 0.15) is 36.1 Å². The maximum atomic E-state index is 11.3. The van der Waals surface area contributed by atoms with Gasteiger partial charge in [-0.3, -0.25) is 0 Å². The molecule has 4 aromatic rings. The topological polar surface area (TPSA) is 40.5 Å². The first-order chi connectivity index (χ1) is 16.0. The van der Waals surface area contributed by atoms with Gasteiger partial charge >= 0.3 is 0 Å². The van der Waals surface area contributed by atoms with Crippen LogP contribution in [0.2, 0.25) is 0 Å². The highest BCUT2D eigenvalue weighted by Crippen LogP contribution is 2.67. The van der Waals surface area contributed by atoms with Crippen LogP contribution < -0.4 is 0 Å². The maximum absolute atomic E-state index is 11.3. The lowest BCUT2D eigenvalue weighted by Gasteiger charge is -2.55. The Bertz CT molecular complexity index is 1190. The van der Waals surface area contributed by atoms with Gasteiger partial charge in [0.2, 0.25) is 0 Å². The zero-order valence-corrected chi connectivity index (χ0v) is 19.0. The Morgan fingerprint density at radius 2 is 0.727 bits per heavy atom. The second-order valence-corrected chi connectivity index (χ2v) is 9.93. The van der Waals surface area contributed by atoms with E-state index >= 15 is 0 Å². The highest BCUT2D eigenvalue weighted by Gasteiger charge is 2.64. The Morgan fingerprint density at radius 1 is 0.485 bits per heavy atom. The summed E-state index contributed by atoms with van der Waals surface area (Å²) in [7, 11) is 0.